The summed E-state index contributed by atoms with van der Waals surface area (Å²) in [6.07, 6.45) is 1.96. The van der Waals surface area contributed by atoms with Gasteiger partial charge in [-0.05, 0) is 42.2 Å². The summed E-state index contributed by atoms with van der Waals surface area (Å²) in [4.78, 5) is 16.5. The number of nitrogens with one attached hydrogen (secondary N) is 2. The summed E-state index contributed by atoms with van der Waals surface area (Å²) in [6.45, 7) is 4.30. The van der Waals surface area contributed by atoms with E-state index in [1.54, 1.807) is 12.1 Å². The lowest BCUT2D eigenvalue weighted by molar-refractivity contribution is 0.0941. The van der Waals surface area contributed by atoms with Crippen molar-refractivity contribution in [3.05, 3.63) is 53.7 Å². The van der Waals surface area contributed by atoms with E-state index in [9.17, 15) is 13.2 Å². The molecule has 1 aromatic carbocycles. The van der Waals surface area contributed by atoms with Crippen molar-refractivity contribution in [2.24, 2.45) is 0 Å². The molecule has 0 aliphatic carbocycles. The second-order valence-corrected chi connectivity index (χ2v) is 9.14. The number of sulfone groups is 1. The Labute approximate surface area is 154 Å². The normalized spacial score (nSPS) is 18.7. The highest BCUT2D eigenvalue weighted by atomic mass is 32.2. The van der Waals surface area contributed by atoms with Crippen molar-refractivity contribution in [2.75, 3.05) is 16.8 Å². The Morgan fingerprint density at radius 1 is 1.15 bits per heavy atom. The fourth-order valence-corrected chi connectivity index (χ4v) is 4.55. The molecule has 1 unspecified atom stereocenters. The first-order valence-electron chi connectivity index (χ1n) is 8.67. The van der Waals surface area contributed by atoms with Gasteiger partial charge in [0.25, 0.3) is 5.91 Å². The molecule has 0 bridgehead atoms. The summed E-state index contributed by atoms with van der Waals surface area (Å²) in [7, 11) is -3.01. The lowest BCUT2D eigenvalue weighted by atomic mass is 10.0. The fraction of sp³-hybridized carbons (Fsp3) is 0.368. The second kappa shape index (κ2) is 7.45. The van der Waals surface area contributed by atoms with E-state index in [0.29, 0.717) is 23.7 Å². The molecule has 1 atom stereocenters. The van der Waals surface area contributed by atoms with Crippen molar-refractivity contribution in [3.8, 4) is 0 Å². The Morgan fingerprint density at radius 2 is 1.88 bits per heavy atom. The smallest absolute Gasteiger partial charge is 0.253 e. The maximum Gasteiger partial charge on any atom is 0.253 e. The number of benzene rings is 1. The van der Waals surface area contributed by atoms with Crippen molar-refractivity contribution in [3.63, 3.8) is 0 Å². The number of amides is 1. The molecule has 1 fully saturated rings. The Morgan fingerprint density at radius 3 is 2.42 bits per heavy atom. The van der Waals surface area contributed by atoms with Crippen LogP contribution < -0.4 is 10.6 Å². The molecule has 2 heterocycles. The molecular weight excluding hydrogens is 350 g/mol. The number of aromatic nitrogens is 1. The van der Waals surface area contributed by atoms with Crippen LogP contribution in [0.2, 0.25) is 0 Å². The highest BCUT2D eigenvalue weighted by Gasteiger charge is 2.29. The van der Waals surface area contributed by atoms with Gasteiger partial charge < -0.3 is 10.6 Å². The van der Waals surface area contributed by atoms with E-state index in [-0.39, 0.29) is 23.5 Å². The average molecular weight is 373 g/mol. The van der Waals surface area contributed by atoms with Gasteiger partial charge in [0.05, 0.1) is 17.1 Å². The molecule has 0 saturated carbocycles. The molecule has 1 aliphatic heterocycles. The molecule has 6 nitrogen and oxygen atoms in total. The van der Waals surface area contributed by atoms with Gasteiger partial charge in [-0.3, -0.25) is 4.79 Å². The van der Waals surface area contributed by atoms with E-state index in [2.05, 4.69) is 41.6 Å². The van der Waals surface area contributed by atoms with Gasteiger partial charge in [0.1, 0.15) is 5.82 Å². The van der Waals surface area contributed by atoms with Crippen molar-refractivity contribution in [1.82, 2.24) is 10.3 Å². The third-order valence-electron chi connectivity index (χ3n) is 4.44. The van der Waals surface area contributed by atoms with Crippen LogP contribution in [0.4, 0.5) is 11.5 Å². The minimum atomic E-state index is -3.01. The van der Waals surface area contributed by atoms with Gasteiger partial charge in [-0.25, -0.2) is 13.4 Å². The first-order chi connectivity index (χ1) is 12.3. The predicted molar refractivity (Wildman–Crippen MR) is 103 cm³/mol. The van der Waals surface area contributed by atoms with Crippen LogP contribution >= 0.6 is 0 Å². The van der Waals surface area contributed by atoms with E-state index in [1.807, 2.05) is 12.1 Å². The largest absolute Gasteiger partial charge is 0.348 e. The van der Waals surface area contributed by atoms with Crippen molar-refractivity contribution in [1.29, 1.82) is 0 Å². The van der Waals surface area contributed by atoms with E-state index in [4.69, 9.17) is 0 Å². The molecule has 1 amide bonds. The van der Waals surface area contributed by atoms with Gasteiger partial charge in [0.15, 0.2) is 9.84 Å². The first kappa shape index (κ1) is 18.4. The number of hydrogen-bond acceptors (Lipinski definition) is 5. The van der Waals surface area contributed by atoms with Crippen molar-refractivity contribution >= 4 is 27.2 Å². The molecule has 1 saturated heterocycles. The Bertz CT molecular complexity index is 875. The zero-order valence-electron chi connectivity index (χ0n) is 14.9. The lowest BCUT2D eigenvalue weighted by Gasteiger charge is -2.11. The third kappa shape index (κ3) is 4.60. The number of pyridine rings is 1. The standard InChI is InChI=1S/C19H23N3O3S/c1-13(2)14-3-6-16(7-4-14)21-18-8-5-15(11-20-18)19(23)22-17-9-10-26(24,25)12-17/h3-8,11,13,17H,9-10,12H2,1-2H3,(H,20,21)(H,22,23). The van der Waals surface area contributed by atoms with Gasteiger partial charge in [-0.1, -0.05) is 26.0 Å². The zero-order chi connectivity index (χ0) is 18.7. The summed E-state index contributed by atoms with van der Waals surface area (Å²) in [5.41, 5.74) is 2.61. The number of carbonyl (C=O) groups is 1. The topological polar surface area (TPSA) is 88.2 Å². The predicted octanol–water partition coefficient (Wildman–Crippen LogP) is 2.87. The van der Waals surface area contributed by atoms with Crippen molar-refractivity contribution < 1.29 is 13.2 Å². The minimum Gasteiger partial charge on any atom is -0.348 e. The monoisotopic (exact) mass is 373 g/mol. The SMILES string of the molecule is CC(C)c1ccc(Nc2ccc(C(=O)NC3CCS(=O)(=O)C3)cn2)cc1. The number of nitrogens with zero attached hydrogens (tertiary/aromatic N) is 1. The average Bonchev–Trinajstić information content (AvgIpc) is 2.94. The van der Waals surface area contributed by atoms with E-state index >= 15 is 0 Å². The number of hydrogen-bond donors (Lipinski definition) is 2. The number of rotatable bonds is 5. The van der Waals surface area contributed by atoms with Crippen LogP contribution in [0.1, 0.15) is 42.1 Å². The second-order valence-electron chi connectivity index (χ2n) is 6.91. The van der Waals surface area contributed by atoms with Gasteiger partial charge in [0, 0.05) is 17.9 Å². The molecule has 2 aromatic rings. The minimum absolute atomic E-state index is 0.0121. The van der Waals surface area contributed by atoms with Crippen LogP contribution in [0.3, 0.4) is 0 Å². The maximum atomic E-state index is 12.2. The lowest BCUT2D eigenvalue weighted by Crippen LogP contribution is -2.35. The van der Waals surface area contributed by atoms with Gasteiger partial charge in [-0.2, -0.15) is 0 Å². The Kier molecular flexibility index (Phi) is 5.27. The Hall–Kier alpha value is -2.41. The summed E-state index contributed by atoms with van der Waals surface area (Å²) >= 11 is 0. The highest BCUT2D eigenvalue weighted by Crippen LogP contribution is 2.20. The third-order valence-corrected chi connectivity index (χ3v) is 6.21. The summed E-state index contributed by atoms with van der Waals surface area (Å²) in [5.74, 6) is 0.969. The molecule has 3 rings (SSSR count). The van der Waals surface area contributed by atoms with Crippen molar-refractivity contribution in [2.45, 2.75) is 32.2 Å². The summed E-state index contributed by atoms with van der Waals surface area (Å²) < 4.78 is 22.9. The van der Waals surface area contributed by atoms with Crippen LogP contribution in [0.25, 0.3) is 0 Å². The zero-order valence-corrected chi connectivity index (χ0v) is 15.7. The van der Waals surface area contributed by atoms with Crippen LogP contribution in [0.15, 0.2) is 42.6 Å². The van der Waals surface area contributed by atoms with E-state index in [0.717, 1.165) is 5.69 Å². The molecule has 1 aromatic heterocycles. The molecular formula is C19H23N3O3S. The molecule has 0 radical (unpaired) electrons. The maximum absolute atomic E-state index is 12.2. The first-order valence-corrected chi connectivity index (χ1v) is 10.5. The summed E-state index contributed by atoms with van der Waals surface area (Å²) in [6, 6.07) is 11.2. The quantitative estimate of drug-likeness (QED) is 0.841. The van der Waals surface area contributed by atoms with Crippen LogP contribution in [-0.4, -0.2) is 36.9 Å². The van der Waals surface area contributed by atoms with Crippen LogP contribution in [-0.2, 0) is 9.84 Å². The molecule has 2 N–H and O–H groups in total. The number of carbonyl (C=O) groups excluding carboxylic acids is 1. The molecule has 7 heteroatoms. The van der Waals surface area contributed by atoms with Crippen LogP contribution in [0.5, 0.6) is 0 Å². The van der Waals surface area contributed by atoms with E-state index in [1.165, 1.54) is 11.8 Å². The van der Waals surface area contributed by atoms with E-state index < -0.39 is 9.84 Å². The van der Waals surface area contributed by atoms with Gasteiger partial charge >= 0.3 is 0 Å². The fourth-order valence-electron chi connectivity index (χ4n) is 2.88. The van der Waals surface area contributed by atoms with Gasteiger partial charge in [-0.15, -0.1) is 0 Å². The van der Waals surface area contributed by atoms with Gasteiger partial charge in [0.2, 0.25) is 0 Å². The molecule has 26 heavy (non-hydrogen) atoms. The molecule has 138 valence electrons. The highest BCUT2D eigenvalue weighted by molar-refractivity contribution is 7.91. The Balaban J connectivity index is 1.60. The summed E-state index contributed by atoms with van der Waals surface area (Å²) in [5, 5.41) is 5.96. The molecule has 1 aliphatic rings. The number of anilines is 2. The molecule has 0 spiro atoms. The van der Waals surface area contributed by atoms with Crippen LogP contribution in [0, 0.1) is 0 Å².